The van der Waals surface area contributed by atoms with Crippen LogP contribution in [-0.4, -0.2) is 37.7 Å². The summed E-state index contributed by atoms with van der Waals surface area (Å²) in [6, 6.07) is 5.72. The fourth-order valence-corrected chi connectivity index (χ4v) is 2.42. The summed E-state index contributed by atoms with van der Waals surface area (Å²) in [4.78, 5) is 4.16. The van der Waals surface area contributed by atoms with Crippen LogP contribution in [-0.2, 0) is 0 Å². The van der Waals surface area contributed by atoms with Gasteiger partial charge in [0, 0.05) is 6.21 Å². The monoisotopic (exact) mass is 381 g/mol. The molecule has 1 aromatic rings. The zero-order chi connectivity index (χ0) is 20.6. The largest absolute Gasteiger partial charge is 0.485 e. The van der Waals surface area contributed by atoms with E-state index < -0.39 is 0 Å². The molecule has 1 aliphatic carbocycles. The van der Waals surface area contributed by atoms with Crippen molar-refractivity contribution in [1.29, 1.82) is 0 Å². The van der Waals surface area contributed by atoms with Crippen LogP contribution in [0.3, 0.4) is 0 Å². The summed E-state index contributed by atoms with van der Waals surface area (Å²) in [6.45, 7) is 13.1. The number of rotatable bonds is 10. The van der Waals surface area contributed by atoms with E-state index in [2.05, 4.69) is 43.0 Å². The fraction of sp³-hybridized carbons (Fsp3) is 0.292. The smallest absolute Gasteiger partial charge is 0.162 e. The van der Waals surface area contributed by atoms with Gasteiger partial charge < -0.3 is 14.6 Å². The van der Waals surface area contributed by atoms with Gasteiger partial charge in [-0.25, -0.2) is 0 Å². The fourth-order valence-electron chi connectivity index (χ4n) is 2.42. The van der Waals surface area contributed by atoms with E-state index in [1.807, 2.05) is 31.2 Å². The summed E-state index contributed by atoms with van der Waals surface area (Å²) < 4.78 is 11.9. The standard InChI is InChI=1S/C22H27NO3.C2H4/c1-3-18(4-2)16-26-22-14-20(15-23-12-13-24)10-11-21(22)25-17-19-8-6-5-7-9-19;1-2/h3-4,6,8-11,14-15,24H,1,5,7,12-13,16-17H2,2H3;1-2H2/b18-4+,23-15?;. The highest BCUT2D eigenvalue weighted by molar-refractivity contribution is 5.80. The molecule has 0 heterocycles. The molecule has 0 unspecified atom stereocenters. The first-order valence-corrected chi connectivity index (χ1v) is 9.40. The number of ether oxygens (including phenoxy) is 2. The first kappa shape index (κ1) is 23.2. The highest BCUT2D eigenvalue weighted by atomic mass is 16.5. The molecule has 150 valence electrons. The van der Waals surface area contributed by atoms with E-state index >= 15 is 0 Å². The van der Waals surface area contributed by atoms with E-state index in [1.54, 1.807) is 12.3 Å². The van der Waals surface area contributed by atoms with Gasteiger partial charge >= 0.3 is 0 Å². The molecule has 1 aromatic carbocycles. The first-order valence-electron chi connectivity index (χ1n) is 9.40. The summed E-state index contributed by atoms with van der Waals surface area (Å²) in [7, 11) is 0. The molecular weight excluding hydrogens is 350 g/mol. The second-order valence-corrected chi connectivity index (χ2v) is 5.87. The van der Waals surface area contributed by atoms with Gasteiger partial charge in [0.05, 0.1) is 13.2 Å². The molecule has 4 heteroatoms. The van der Waals surface area contributed by atoms with Gasteiger partial charge in [0.1, 0.15) is 13.2 Å². The van der Waals surface area contributed by atoms with E-state index in [1.165, 1.54) is 5.57 Å². The van der Waals surface area contributed by atoms with Gasteiger partial charge in [-0.3, -0.25) is 4.99 Å². The maximum Gasteiger partial charge on any atom is 0.162 e. The predicted molar refractivity (Wildman–Crippen MR) is 119 cm³/mol. The summed E-state index contributed by atoms with van der Waals surface area (Å²) in [5.41, 5.74) is 3.09. The zero-order valence-corrected chi connectivity index (χ0v) is 16.8. The second kappa shape index (κ2) is 14.2. The Morgan fingerprint density at radius 2 is 2.04 bits per heavy atom. The number of aliphatic imine (C=N–C) groups is 1. The van der Waals surface area contributed by atoms with Crippen molar-refractivity contribution in [3.05, 3.63) is 85.0 Å². The van der Waals surface area contributed by atoms with Gasteiger partial charge in [-0.1, -0.05) is 37.0 Å². The van der Waals surface area contributed by atoms with Gasteiger partial charge in [0.25, 0.3) is 0 Å². The molecule has 1 N–H and O–H groups in total. The molecule has 2 rings (SSSR count). The number of nitrogens with zero attached hydrogens (tertiary/aromatic N) is 1. The second-order valence-electron chi connectivity index (χ2n) is 5.87. The lowest BCUT2D eigenvalue weighted by Gasteiger charge is -2.15. The molecule has 28 heavy (non-hydrogen) atoms. The van der Waals surface area contributed by atoms with Crippen LogP contribution >= 0.6 is 0 Å². The Morgan fingerprint density at radius 1 is 1.21 bits per heavy atom. The molecule has 0 fully saturated rings. The number of hydrogen-bond donors (Lipinski definition) is 1. The normalized spacial score (nSPS) is 13.5. The third-order valence-corrected chi connectivity index (χ3v) is 3.93. The van der Waals surface area contributed by atoms with Crippen molar-refractivity contribution in [2.75, 3.05) is 26.4 Å². The lowest BCUT2D eigenvalue weighted by molar-refractivity contribution is 0.301. The molecule has 0 saturated heterocycles. The Balaban J connectivity index is 0.00000190. The maximum absolute atomic E-state index is 8.85. The minimum atomic E-state index is 0.0354. The van der Waals surface area contributed by atoms with Crippen LogP contribution < -0.4 is 9.47 Å². The Labute approximate surface area is 168 Å². The van der Waals surface area contributed by atoms with Crippen LogP contribution in [0.25, 0.3) is 0 Å². The lowest BCUT2D eigenvalue weighted by atomic mass is 10.1. The quantitative estimate of drug-likeness (QED) is 0.350. The minimum absolute atomic E-state index is 0.0354. The van der Waals surface area contributed by atoms with Gasteiger partial charge in [-0.2, -0.15) is 0 Å². The molecule has 4 nitrogen and oxygen atoms in total. The number of benzene rings is 1. The summed E-state index contributed by atoms with van der Waals surface area (Å²) in [5, 5.41) is 8.85. The van der Waals surface area contributed by atoms with Crippen molar-refractivity contribution < 1.29 is 14.6 Å². The van der Waals surface area contributed by atoms with Gasteiger partial charge in [0.2, 0.25) is 0 Å². The van der Waals surface area contributed by atoms with Crippen molar-refractivity contribution in [2.24, 2.45) is 4.99 Å². The van der Waals surface area contributed by atoms with Crippen LogP contribution in [0.15, 0.2) is 84.5 Å². The molecule has 0 saturated carbocycles. The van der Waals surface area contributed by atoms with Gasteiger partial charge in [-0.05, 0) is 54.7 Å². The Morgan fingerprint density at radius 3 is 2.68 bits per heavy atom. The zero-order valence-electron chi connectivity index (χ0n) is 16.8. The van der Waals surface area contributed by atoms with Crippen LogP contribution in [0.2, 0.25) is 0 Å². The van der Waals surface area contributed by atoms with E-state index in [-0.39, 0.29) is 6.61 Å². The molecular formula is C24H31NO3. The average Bonchev–Trinajstić information content (AvgIpc) is 2.76. The maximum atomic E-state index is 8.85. The predicted octanol–water partition coefficient (Wildman–Crippen LogP) is 5.07. The first-order chi connectivity index (χ1) is 13.8. The van der Waals surface area contributed by atoms with E-state index in [0.717, 1.165) is 24.0 Å². The Hall–Kier alpha value is -2.85. The van der Waals surface area contributed by atoms with Crippen molar-refractivity contribution in [2.45, 2.75) is 19.8 Å². The molecule has 1 aliphatic rings. The Bertz CT molecular complexity index is 729. The number of aliphatic hydroxyl groups excluding tert-OH is 1. The molecule has 0 bridgehead atoms. The third kappa shape index (κ3) is 8.23. The van der Waals surface area contributed by atoms with Crippen molar-refractivity contribution in [3.8, 4) is 11.5 Å². The number of allylic oxidation sites excluding steroid dienone is 3. The SMILES string of the molecule is C=C.C=C/C(=C\C)COc1cc(C=NCCO)ccc1OCC1=CCCC=C1. The third-order valence-electron chi connectivity index (χ3n) is 3.93. The number of hydrogen-bond acceptors (Lipinski definition) is 4. The minimum Gasteiger partial charge on any atom is -0.485 e. The molecule has 0 radical (unpaired) electrons. The van der Waals surface area contributed by atoms with Crippen molar-refractivity contribution in [3.63, 3.8) is 0 Å². The van der Waals surface area contributed by atoms with E-state index in [0.29, 0.717) is 31.3 Å². The topological polar surface area (TPSA) is 51.0 Å². The molecule has 0 aromatic heterocycles. The molecule has 0 spiro atoms. The Kier molecular flexibility index (Phi) is 11.8. The highest BCUT2D eigenvalue weighted by Gasteiger charge is 2.08. The van der Waals surface area contributed by atoms with Crippen LogP contribution in [0.4, 0.5) is 0 Å². The van der Waals surface area contributed by atoms with Gasteiger partial charge in [-0.15, -0.1) is 13.2 Å². The summed E-state index contributed by atoms with van der Waals surface area (Å²) >= 11 is 0. The van der Waals surface area contributed by atoms with E-state index in [9.17, 15) is 0 Å². The van der Waals surface area contributed by atoms with Crippen molar-refractivity contribution >= 4 is 6.21 Å². The van der Waals surface area contributed by atoms with E-state index in [4.69, 9.17) is 14.6 Å². The average molecular weight is 382 g/mol. The molecule has 0 atom stereocenters. The highest BCUT2D eigenvalue weighted by Crippen LogP contribution is 2.29. The van der Waals surface area contributed by atoms with Crippen molar-refractivity contribution in [1.82, 2.24) is 0 Å². The molecule has 0 amide bonds. The lowest BCUT2D eigenvalue weighted by Crippen LogP contribution is -2.05. The van der Waals surface area contributed by atoms with Crippen LogP contribution in [0.1, 0.15) is 25.3 Å². The summed E-state index contributed by atoms with van der Waals surface area (Å²) in [6.07, 6.45) is 14.1. The summed E-state index contributed by atoms with van der Waals surface area (Å²) in [5.74, 6) is 1.36. The molecule has 0 aliphatic heterocycles. The number of aliphatic hydroxyl groups is 1. The van der Waals surface area contributed by atoms with Gasteiger partial charge in [0.15, 0.2) is 11.5 Å². The van der Waals surface area contributed by atoms with Crippen LogP contribution in [0.5, 0.6) is 11.5 Å². The van der Waals surface area contributed by atoms with Crippen LogP contribution in [0, 0.1) is 0 Å².